The number of nitrogens with one attached hydrogen (secondary N) is 2. The summed E-state index contributed by atoms with van der Waals surface area (Å²) in [6.07, 6.45) is 0. The lowest BCUT2D eigenvalue weighted by Gasteiger charge is -2.05. The molecule has 0 bridgehead atoms. The smallest absolute Gasteiger partial charge is 0.256 e. The molecule has 2 aromatic carbocycles. The molecule has 0 atom stereocenters. The van der Waals surface area contributed by atoms with Gasteiger partial charge in [0.05, 0.1) is 5.75 Å². The van der Waals surface area contributed by atoms with Crippen LogP contribution in [0.5, 0.6) is 0 Å². The summed E-state index contributed by atoms with van der Waals surface area (Å²) < 4.78 is 1.64. The second kappa shape index (κ2) is 9.16. The van der Waals surface area contributed by atoms with Crippen LogP contribution in [-0.2, 0) is 4.79 Å². The van der Waals surface area contributed by atoms with Crippen LogP contribution in [-0.4, -0.2) is 29.6 Å². The maximum atomic E-state index is 12.6. The first-order chi connectivity index (χ1) is 13.1. The van der Waals surface area contributed by atoms with Crippen molar-refractivity contribution in [2.24, 2.45) is 0 Å². The highest BCUT2D eigenvalue weighted by molar-refractivity contribution is 9.10. The van der Waals surface area contributed by atoms with E-state index >= 15 is 0 Å². The summed E-state index contributed by atoms with van der Waals surface area (Å²) in [6, 6.07) is 16.8. The van der Waals surface area contributed by atoms with E-state index in [0.29, 0.717) is 16.3 Å². The Morgan fingerprint density at radius 1 is 1.11 bits per heavy atom. The minimum atomic E-state index is -0.203. The molecule has 0 aliphatic heterocycles. The zero-order chi connectivity index (χ0) is 19.2. The summed E-state index contributed by atoms with van der Waals surface area (Å²) in [4.78, 5) is 28.7. The molecule has 1 heterocycles. The molecule has 0 fully saturated rings. The van der Waals surface area contributed by atoms with Gasteiger partial charge in [-0.2, -0.15) is 0 Å². The quantitative estimate of drug-likeness (QED) is 0.523. The van der Waals surface area contributed by atoms with Gasteiger partial charge in [0.15, 0.2) is 4.34 Å². The van der Waals surface area contributed by atoms with Crippen molar-refractivity contribution in [1.29, 1.82) is 0 Å². The molecular weight excluding hydrogens is 446 g/mol. The molecule has 0 spiro atoms. The van der Waals surface area contributed by atoms with Gasteiger partial charge < -0.3 is 10.6 Å². The number of nitrogens with zero attached hydrogens (tertiary/aromatic N) is 1. The summed E-state index contributed by atoms with van der Waals surface area (Å²) in [5, 5.41) is 6.21. The fourth-order valence-electron chi connectivity index (χ4n) is 2.21. The largest absolute Gasteiger partial charge is 0.358 e. The highest BCUT2D eigenvalue weighted by Crippen LogP contribution is 2.37. The molecule has 0 saturated carbocycles. The summed E-state index contributed by atoms with van der Waals surface area (Å²) in [7, 11) is 1.60. The predicted octanol–water partition coefficient (Wildman–Crippen LogP) is 4.66. The Kier molecular flexibility index (Phi) is 6.65. The summed E-state index contributed by atoms with van der Waals surface area (Å²) >= 11 is 6.08. The third-order valence-electron chi connectivity index (χ3n) is 3.59. The third kappa shape index (κ3) is 5.18. The standard InChI is InChI=1S/C19H16BrN3O2S2/c1-21-15(24)11-26-19-22-16(12-5-3-2-4-6-12)18(27-19)23-17(25)13-7-9-14(20)10-8-13/h2-10H,11H2,1H3,(H,21,24)(H,23,25). The van der Waals surface area contributed by atoms with Gasteiger partial charge >= 0.3 is 0 Å². The molecule has 138 valence electrons. The van der Waals surface area contributed by atoms with Crippen molar-refractivity contribution < 1.29 is 9.59 Å². The highest BCUT2D eigenvalue weighted by Gasteiger charge is 2.17. The van der Waals surface area contributed by atoms with Crippen molar-refractivity contribution in [3.8, 4) is 11.3 Å². The van der Waals surface area contributed by atoms with E-state index in [2.05, 4.69) is 31.5 Å². The number of aromatic nitrogens is 1. The molecular formula is C19H16BrN3O2S2. The zero-order valence-corrected chi connectivity index (χ0v) is 17.6. The maximum absolute atomic E-state index is 12.6. The zero-order valence-electron chi connectivity index (χ0n) is 14.4. The second-order valence-electron chi connectivity index (χ2n) is 5.45. The second-order valence-corrected chi connectivity index (χ2v) is 8.58. The maximum Gasteiger partial charge on any atom is 0.256 e. The number of hydrogen-bond donors (Lipinski definition) is 2. The van der Waals surface area contributed by atoms with E-state index in [-0.39, 0.29) is 17.6 Å². The van der Waals surface area contributed by atoms with Gasteiger partial charge in [0.1, 0.15) is 10.7 Å². The Balaban J connectivity index is 1.87. The number of carbonyl (C=O) groups is 2. The Morgan fingerprint density at radius 2 is 1.81 bits per heavy atom. The van der Waals surface area contributed by atoms with Crippen molar-refractivity contribution in [2.75, 3.05) is 18.1 Å². The average molecular weight is 462 g/mol. The molecule has 2 N–H and O–H groups in total. The molecule has 3 aromatic rings. The fourth-order valence-corrected chi connectivity index (χ4v) is 4.41. The Morgan fingerprint density at radius 3 is 2.48 bits per heavy atom. The van der Waals surface area contributed by atoms with Crippen LogP contribution in [0.4, 0.5) is 5.00 Å². The number of benzene rings is 2. The summed E-state index contributed by atoms with van der Waals surface area (Å²) in [5.74, 6) is 0.00122. The first kappa shape index (κ1) is 19.6. The average Bonchev–Trinajstić information content (AvgIpc) is 3.10. The number of thiazole rings is 1. The van der Waals surface area contributed by atoms with Crippen molar-refractivity contribution in [1.82, 2.24) is 10.3 Å². The molecule has 1 aromatic heterocycles. The minimum absolute atomic E-state index is 0.0723. The van der Waals surface area contributed by atoms with Gasteiger partial charge in [-0.05, 0) is 24.3 Å². The van der Waals surface area contributed by atoms with E-state index in [9.17, 15) is 9.59 Å². The van der Waals surface area contributed by atoms with E-state index in [1.165, 1.54) is 23.1 Å². The van der Waals surface area contributed by atoms with Crippen LogP contribution >= 0.6 is 39.0 Å². The lowest BCUT2D eigenvalue weighted by molar-refractivity contribution is -0.118. The van der Waals surface area contributed by atoms with Gasteiger partial charge in [0.25, 0.3) is 5.91 Å². The molecule has 0 unspecified atom stereocenters. The van der Waals surface area contributed by atoms with Crippen molar-refractivity contribution >= 4 is 55.8 Å². The van der Waals surface area contributed by atoms with Gasteiger partial charge in [-0.3, -0.25) is 9.59 Å². The van der Waals surface area contributed by atoms with Crippen molar-refractivity contribution in [3.05, 3.63) is 64.6 Å². The SMILES string of the molecule is CNC(=O)CSc1nc(-c2ccccc2)c(NC(=O)c2ccc(Br)cc2)s1. The first-order valence-electron chi connectivity index (χ1n) is 8.03. The van der Waals surface area contributed by atoms with Gasteiger partial charge in [-0.1, -0.05) is 69.4 Å². The van der Waals surface area contributed by atoms with Crippen LogP contribution in [0, 0.1) is 0 Å². The Labute approximate surface area is 173 Å². The van der Waals surface area contributed by atoms with E-state index in [1.807, 2.05) is 42.5 Å². The van der Waals surface area contributed by atoms with Crippen LogP contribution in [0.1, 0.15) is 10.4 Å². The number of halogens is 1. The van der Waals surface area contributed by atoms with Gasteiger partial charge in [0.2, 0.25) is 5.91 Å². The van der Waals surface area contributed by atoms with Gasteiger partial charge in [-0.15, -0.1) is 0 Å². The van der Waals surface area contributed by atoms with E-state index < -0.39 is 0 Å². The molecule has 0 aliphatic rings. The molecule has 8 heteroatoms. The van der Waals surface area contributed by atoms with E-state index in [1.54, 1.807) is 19.2 Å². The highest BCUT2D eigenvalue weighted by atomic mass is 79.9. The van der Waals surface area contributed by atoms with Crippen molar-refractivity contribution in [3.63, 3.8) is 0 Å². The fraction of sp³-hybridized carbons (Fsp3) is 0.105. The molecule has 5 nitrogen and oxygen atoms in total. The molecule has 27 heavy (non-hydrogen) atoms. The first-order valence-corrected chi connectivity index (χ1v) is 10.6. The molecule has 0 saturated heterocycles. The number of rotatable bonds is 6. The number of amides is 2. The number of hydrogen-bond acceptors (Lipinski definition) is 5. The normalized spacial score (nSPS) is 10.4. The lowest BCUT2D eigenvalue weighted by Crippen LogP contribution is -2.19. The monoisotopic (exact) mass is 461 g/mol. The van der Waals surface area contributed by atoms with Crippen LogP contribution in [0.2, 0.25) is 0 Å². The topological polar surface area (TPSA) is 71.1 Å². The number of thioether (sulfide) groups is 1. The molecule has 0 radical (unpaired) electrons. The lowest BCUT2D eigenvalue weighted by atomic mass is 10.1. The van der Waals surface area contributed by atoms with E-state index in [0.717, 1.165) is 14.4 Å². The van der Waals surface area contributed by atoms with Crippen LogP contribution < -0.4 is 10.6 Å². The summed E-state index contributed by atoms with van der Waals surface area (Å²) in [5.41, 5.74) is 2.17. The van der Waals surface area contributed by atoms with Crippen LogP contribution in [0.15, 0.2) is 63.4 Å². The Bertz CT molecular complexity index is 943. The third-order valence-corrected chi connectivity index (χ3v) is 6.24. The van der Waals surface area contributed by atoms with E-state index in [4.69, 9.17) is 0 Å². The summed E-state index contributed by atoms with van der Waals surface area (Å²) in [6.45, 7) is 0. The minimum Gasteiger partial charge on any atom is -0.358 e. The van der Waals surface area contributed by atoms with Crippen LogP contribution in [0.3, 0.4) is 0 Å². The van der Waals surface area contributed by atoms with Crippen molar-refractivity contribution in [2.45, 2.75) is 4.34 Å². The molecule has 2 amide bonds. The van der Waals surface area contributed by atoms with Gasteiger partial charge in [0, 0.05) is 22.6 Å². The predicted molar refractivity (Wildman–Crippen MR) is 114 cm³/mol. The molecule has 0 aliphatic carbocycles. The van der Waals surface area contributed by atoms with Crippen LogP contribution in [0.25, 0.3) is 11.3 Å². The Hall–Kier alpha value is -2.16. The number of carbonyl (C=O) groups excluding carboxylic acids is 2. The number of anilines is 1. The van der Waals surface area contributed by atoms with Gasteiger partial charge in [-0.25, -0.2) is 4.98 Å². The molecule has 3 rings (SSSR count).